The number of ketones is 2. The van der Waals surface area contributed by atoms with Crippen LogP contribution in [-0.4, -0.2) is 33.8 Å². The van der Waals surface area contributed by atoms with Gasteiger partial charge in [-0.05, 0) is 43.3 Å². The van der Waals surface area contributed by atoms with Gasteiger partial charge in [0, 0.05) is 29.3 Å². The van der Waals surface area contributed by atoms with E-state index in [0.29, 0.717) is 33.1 Å². The normalized spacial score (nSPS) is 16.1. The van der Waals surface area contributed by atoms with Crippen molar-refractivity contribution in [2.24, 2.45) is 5.92 Å². The highest BCUT2D eigenvalue weighted by Gasteiger charge is 2.35. The molecule has 0 radical (unpaired) electrons. The summed E-state index contributed by atoms with van der Waals surface area (Å²) in [6.45, 7) is 1.43. The van der Waals surface area contributed by atoms with Crippen molar-refractivity contribution >= 4 is 39.8 Å². The fourth-order valence-electron chi connectivity index (χ4n) is 3.66. The van der Waals surface area contributed by atoms with Crippen molar-refractivity contribution in [2.75, 3.05) is 7.11 Å². The van der Waals surface area contributed by atoms with Gasteiger partial charge in [0.25, 0.3) is 0 Å². The number of halogens is 1. The first-order valence-corrected chi connectivity index (χ1v) is 9.98. The zero-order chi connectivity index (χ0) is 22.1. The van der Waals surface area contributed by atoms with Gasteiger partial charge >= 0.3 is 0 Å². The molecule has 0 fully saturated rings. The number of allylic oxidation sites excluding steroid dienone is 2. The lowest BCUT2D eigenvalue weighted by Crippen LogP contribution is -2.05. The second kappa shape index (κ2) is 8.35. The summed E-state index contributed by atoms with van der Waals surface area (Å²) in [7, 11) is 1.48. The van der Waals surface area contributed by atoms with Gasteiger partial charge in [-0.15, -0.1) is 0 Å². The van der Waals surface area contributed by atoms with E-state index in [-0.39, 0.29) is 41.6 Å². The van der Waals surface area contributed by atoms with E-state index < -0.39 is 5.92 Å². The highest BCUT2D eigenvalue weighted by Crippen LogP contribution is 2.41. The molecule has 8 heteroatoms. The van der Waals surface area contributed by atoms with Gasteiger partial charge in [-0.25, -0.2) is 9.97 Å². The lowest BCUT2D eigenvalue weighted by Gasteiger charge is -2.12. The predicted molar refractivity (Wildman–Crippen MR) is 116 cm³/mol. The fourth-order valence-corrected chi connectivity index (χ4v) is 3.82. The van der Waals surface area contributed by atoms with Crippen LogP contribution in [0.2, 0.25) is 5.02 Å². The Morgan fingerprint density at radius 3 is 2.77 bits per heavy atom. The molecule has 0 saturated heterocycles. The monoisotopic (exact) mass is 438 g/mol. The molecule has 0 spiro atoms. The average molecular weight is 439 g/mol. The lowest BCUT2D eigenvalue weighted by atomic mass is 10.0. The third kappa shape index (κ3) is 4.22. The quantitative estimate of drug-likeness (QED) is 0.583. The zero-order valence-corrected chi connectivity index (χ0v) is 17.6. The van der Waals surface area contributed by atoms with Crippen molar-refractivity contribution in [3.05, 3.63) is 58.9 Å². The number of rotatable bonds is 6. The van der Waals surface area contributed by atoms with Crippen LogP contribution >= 0.6 is 11.6 Å². The molecular weight excluding hydrogens is 420 g/mol. The smallest absolute Gasteiger partial charge is 0.238 e. The maximum absolute atomic E-state index is 12.6. The van der Waals surface area contributed by atoms with Crippen LogP contribution in [0.3, 0.4) is 0 Å². The molecule has 0 bridgehead atoms. The Morgan fingerprint density at radius 1 is 1.23 bits per heavy atom. The molecule has 0 aliphatic heterocycles. The van der Waals surface area contributed by atoms with E-state index in [1.165, 1.54) is 20.2 Å². The first-order chi connectivity index (χ1) is 14.9. The number of carbonyl (C=O) groups excluding carboxylic acids is 2. The maximum Gasteiger partial charge on any atom is 0.238 e. The molecule has 0 saturated carbocycles. The van der Waals surface area contributed by atoms with Crippen LogP contribution in [0.25, 0.3) is 16.6 Å². The topological polar surface area (TPSA) is 98.6 Å². The van der Waals surface area contributed by atoms with Crippen LogP contribution in [0.4, 0.5) is 0 Å². The molecule has 1 atom stereocenters. The average Bonchev–Trinajstić information content (AvgIpc) is 3.00. The fraction of sp³-hybridized carbons (Fsp3) is 0.217. The van der Waals surface area contributed by atoms with E-state index in [4.69, 9.17) is 21.1 Å². The number of Topliss-reactive ketones (excluding diaryl/α,β-unsaturated/α-hetero) is 2. The molecule has 1 aliphatic carbocycles. The Hall–Kier alpha value is -3.45. The van der Waals surface area contributed by atoms with Gasteiger partial charge in [-0.1, -0.05) is 11.6 Å². The Labute approximate surface area is 183 Å². The second-order valence-electron chi connectivity index (χ2n) is 7.30. The van der Waals surface area contributed by atoms with Crippen LogP contribution in [-0.2, 0) is 9.59 Å². The van der Waals surface area contributed by atoms with Gasteiger partial charge in [0.2, 0.25) is 5.88 Å². The highest BCUT2D eigenvalue weighted by atomic mass is 35.5. The van der Waals surface area contributed by atoms with Crippen molar-refractivity contribution in [1.82, 2.24) is 9.97 Å². The number of carbonyl (C=O) groups is 2. The number of ether oxygens (including phenoxy) is 2. The number of benzene rings is 2. The molecule has 1 heterocycles. The third-order valence-corrected chi connectivity index (χ3v) is 5.27. The number of methoxy groups -OCH3 is 1. The third-order valence-electron chi connectivity index (χ3n) is 5.03. The van der Waals surface area contributed by atoms with E-state index in [0.717, 1.165) is 0 Å². The second-order valence-corrected chi connectivity index (χ2v) is 7.73. The molecule has 1 unspecified atom stereocenters. The summed E-state index contributed by atoms with van der Waals surface area (Å²) in [5.41, 5.74) is 1.80. The first kappa shape index (κ1) is 20.8. The van der Waals surface area contributed by atoms with Crippen LogP contribution in [0, 0.1) is 5.92 Å². The summed E-state index contributed by atoms with van der Waals surface area (Å²) >= 11 is 5.98. The van der Waals surface area contributed by atoms with Crippen molar-refractivity contribution in [3.63, 3.8) is 0 Å². The molecule has 1 aliphatic rings. The van der Waals surface area contributed by atoms with Crippen LogP contribution in [0.5, 0.6) is 17.4 Å². The van der Waals surface area contributed by atoms with Crippen molar-refractivity contribution in [3.8, 4) is 17.4 Å². The van der Waals surface area contributed by atoms with Crippen LogP contribution in [0.1, 0.15) is 25.3 Å². The number of aromatic nitrogens is 2. The Morgan fingerprint density at radius 2 is 2.03 bits per heavy atom. The van der Waals surface area contributed by atoms with E-state index in [2.05, 4.69) is 9.97 Å². The van der Waals surface area contributed by atoms with Gasteiger partial charge in [0.05, 0.1) is 29.9 Å². The summed E-state index contributed by atoms with van der Waals surface area (Å²) < 4.78 is 11.2. The molecule has 0 amide bonds. The summed E-state index contributed by atoms with van der Waals surface area (Å²) in [4.78, 5) is 32.8. The number of hydrogen-bond donors (Lipinski definition) is 1. The number of aliphatic hydroxyl groups excluding tert-OH is 1. The van der Waals surface area contributed by atoms with Gasteiger partial charge in [-0.3, -0.25) is 4.79 Å². The van der Waals surface area contributed by atoms with Crippen molar-refractivity contribution in [2.45, 2.75) is 19.8 Å². The zero-order valence-electron chi connectivity index (χ0n) is 16.9. The Balaban J connectivity index is 1.70. The summed E-state index contributed by atoms with van der Waals surface area (Å²) in [5, 5.41) is 11.2. The van der Waals surface area contributed by atoms with E-state index in [1.54, 1.807) is 36.4 Å². The molecule has 31 heavy (non-hydrogen) atoms. The number of hydrogen-bond acceptors (Lipinski definition) is 7. The molecule has 2 aromatic carbocycles. The minimum absolute atomic E-state index is 0.0771. The van der Waals surface area contributed by atoms with Crippen molar-refractivity contribution in [1.29, 1.82) is 0 Å². The molecule has 4 rings (SSSR count). The Bertz CT molecular complexity index is 1240. The van der Waals surface area contributed by atoms with E-state index in [9.17, 15) is 14.7 Å². The van der Waals surface area contributed by atoms with E-state index in [1.807, 2.05) is 0 Å². The Kier molecular flexibility index (Phi) is 5.61. The number of aliphatic hydroxyl groups is 1. The molecule has 1 aromatic heterocycles. The number of fused-ring (bicyclic) bond motifs is 1. The molecular formula is C23H19ClN2O5. The van der Waals surface area contributed by atoms with Crippen molar-refractivity contribution < 1.29 is 24.2 Å². The molecule has 158 valence electrons. The maximum atomic E-state index is 12.6. The number of nitrogens with zero attached hydrogens (tertiary/aromatic N) is 2. The molecule has 7 nitrogen and oxygen atoms in total. The summed E-state index contributed by atoms with van der Waals surface area (Å²) in [6, 6.07) is 10.1. The summed E-state index contributed by atoms with van der Waals surface area (Å²) in [6.07, 6.45) is 1.66. The van der Waals surface area contributed by atoms with Gasteiger partial charge in [0.15, 0.2) is 5.78 Å². The lowest BCUT2D eigenvalue weighted by molar-refractivity contribution is -0.118. The van der Waals surface area contributed by atoms with E-state index >= 15 is 0 Å². The van der Waals surface area contributed by atoms with Gasteiger partial charge in [-0.2, -0.15) is 0 Å². The van der Waals surface area contributed by atoms with Crippen LogP contribution < -0.4 is 9.47 Å². The highest BCUT2D eigenvalue weighted by molar-refractivity contribution is 6.31. The minimum atomic E-state index is -0.521. The largest absolute Gasteiger partial charge is 0.511 e. The first-order valence-electron chi connectivity index (χ1n) is 9.60. The van der Waals surface area contributed by atoms with Gasteiger partial charge < -0.3 is 19.4 Å². The minimum Gasteiger partial charge on any atom is -0.511 e. The summed E-state index contributed by atoms with van der Waals surface area (Å²) in [5.74, 6) is 0.0979. The SMILES string of the molecule is COc1ccc(Oc2cnc3cc(Cl)ccc3n2)cc1C1=C(O)C(CC(C)=O)CC1=O. The predicted octanol–water partition coefficient (Wildman–Crippen LogP) is 4.92. The molecule has 1 N–H and O–H groups in total. The molecule has 3 aromatic rings. The van der Waals surface area contributed by atoms with Crippen LogP contribution in [0.15, 0.2) is 48.4 Å². The standard InChI is InChI=1S/C23H19ClN2O5/c1-12(27)7-13-8-19(28)22(23(13)29)16-10-15(4-6-20(16)30-2)31-21-11-25-18-9-14(24)3-5-17(18)26-21/h3-6,9-11,13,29H,7-8H2,1-2H3. The van der Waals surface area contributed by atoms with Gasteiger partial charge in [0.1, 0.15) is 23.0 Å².